The summed E-state index contributed by atoms with van der Waals surface area (Å²) in [6.45, 7) is 8.53. The van der Waals surface area contributed by atoms with Crippen LogP contribution in [-0.4, -0.2) is 17.0 Å². The van der Waals surface area contributed by atoms with Crippen molar-refractivity contribution < 1.29 is 0 Å². The van der Waals surface area contributed by atoms with E-state index in [0.717, 1.165) is 26.5 Å². The molecule has 0 radical (unpaired) electrons. The van der Waals surface area contributed by atoms with Crippen molar-refractivity contribution in [2.75, 3.05) is 12.4 Å². The number of benzene rings is 1. The Hall–Kier alpha value is -1.17. The zero-order valence-electron chi connectivity index (χ0n) is 12.6. The lowest BCUT2D eigenvalue weighted by Crippen LogP contribution is -2.06. The van der Waals surface area contributed by atoms with E-state index >= 15 is 0 Å². The third kappa shape index (κ3) is 3.11. The van der Waals surface area contributed by atoms with E-state index in [-0.39, 0.29) is 0 Å². The van der Waals surface area contributed by atoms with Crippen molar-refractivity contribution in [1.82, 2.24) is 9.97 Å². The highest BCUT2D eigenvalue weighted by Gasteiger charge is 2.15. The summed E-state index contributed by atoms with van der Waals surface area (Å²) in [6.07, 6.45) is 0. The first kappa shape index (κ1) is 15.2. The summed E-state index contributed by atoms with van der Waals surface area (Å²) >= 11 is 2.32. The Morgan fingerprint density at radius 2 is 1.65 bits per heavy atom. The molecule has 0 atom stereocenters. The fourth-order valence-electron chi connectivity index (χ4n) is 2.25. The van der Waals surface area contributed by atoms with Gasteiger partial charge in [-0.25, -0.2) is 9.97 Å². The molecule has 1 N–H and O–H groups in total. The molecule has 0 fully saturated rings. The molecule has 20 heavy (non-hydrogen) atoms. The van der Waals surface area contributed by atoms with Crippen LogP contribution in [0.3, 0.4) is 0 Å². The van der Waals surface area contributed by atoms with E-state index in [2.05, 4.69) is 78.8 Å². The van der Waals surface area contributed by atoms with Gasteiger partial charge in [0.15, 0.2) is 5.82 Å². The van der Waals surface area contributed by atoms with Gasteiger partial charge < -0.3 is 5.32 Å². The number of halogens is 1. The van der Waals surface area contributed by atoms with E-state index in [1.807, 2.05) is 7.05 Å². The zero-order valence-corrected chi connectivity index (χ0v) is 14.7. The second-order valence-electron chi connectivity index (χ2n) is 5.38. The van der Waals surface area contributed by atoms with Gasteiger partial charge in [-0.15, -0.1) is 0 Å². The van der Waals surface area contributed by atoms with Crippen LogP contribution in [0.4, 0.5) is 5.82 Å². The SMILES string of the molecule is CNc1nc(-c2cc(C)cc(C)c2)nc(C(C)C)c1I. The molecule has 0 aliphatic rings. The molecule has 0 saturated heterocycles. The first-order chi connectivity index (χ1) is 9.42. The molecule has 2 rings (SSSR count). The molecule has 0 aliphatic heterocycles. The highest BCUT2D eigenvalue weighted by molar-refractivity contribution is 14.1. The van der Waals surface area contributed by atoms with Crippen LogP contribution in [0.15, 0.2) is 18.2 Å². The highest BCUT2D eigenvalue weighted by Crippen LogP contribution is 2.28. The van der Waals surface area contributed by atoms with Gasteiger partial charge in [0.05, 0.1) is 9.26 Å². The van der Waals surface area contributed by atoms with Crippen LogP contribution in [0, 0.1) is 17.4 Å². The number of aryl methyl sites for hydroxylation is 2. The Morgan fingerprint density at radius 1 is 1.05 bits per heavy atom. The molecule has 1 aromatic heterocycles. The minimum atomic E-state index is 0.377. The monoisotopic (exact) mass is 381 g/mol. The molecule has 0 spiro atoms. The van der Waals surface area contributed by atoms with Crippen molar-refractivity contribution >= 4 is 28.4 Å². The summed E-state index contributed by atoms with van der Waals surface area (Å²) in [5.41, 5.74) is 4.65. The number of hydrogen-bond acceptors (Lipinski definition) is 3. The topological polar surface area (TPSA) is 37.8 Å². The fourth-order valence-corrected chi connectivity index (χ4v) is 3.38. The number of hydrogen-bond donors (Lipinski definition) is 1. The number of nitrogens with zero attached hydrogens (tertiary/aromatic N) is 2. The maximum absolute atomic E-state index is 4.77. The van der Waals surface area contributed by atoms with E-state index in [1.165, 1.54) is 11.1 Å². The molecule has 4 heteroatoms. The zero-order chi connectivity index (χ0) is 14.9. The van der Waals surface area contributed by atoms with Crippen molar-refractivity contribution in [2.45, 2.75) is 33.6 Å². The summed E-state index contributed by atoms with van der Waals surface area (Å²) in [5, 5.41) is 3.17. The minimum absolute atomic E-state index is 0.377. The maximum Gasteiger partial charge on any atom is 0.161 e. The quantitative estimate of drug-likeness (QED) is 0.794. The van der Waals surface area contributed by atoms with Crippen molar-refractivity contribution in [1.29, 1.82) is 0 Å². The lowest BCUT2D eigenvalue weighted by atomic mass is 10.1. The highest BCUT2D eigenvalue weighted by atomic mass is 127. The van der Waals surface area contributed by atoms with Gasteiger partial charge in [-0.05, 0) is 54.5 Å². The van der Waals surface area contributed by atoms with Gasteiger partial charge in [0.2, 0.25) is 0 Å². The van der Waals surface area contributed by atoms with E-state index < -0.39 is 0 Å². The molecule has 3 nitrogen and oxygen atoms in total. The van der Waals surface area contributed by atoms with Crippen LogP contribution in [0.5, 0.6) is 0 Å². The van der Waals surface area contributed by atoms with Gasteiger partial charge in [0, 0.05) is 12.6 Å². The Morgan fingerprint density at radius 3 is 2.15 bits per heavy atom. The van der Waals surface area contributed by atoms with E-state index in [9.17, 15) is 0 Å². The van der Waals surface area contributed by atoms with E-state index in [0.29, 0.717) is 5.92 Å². The van der Waals surface area contributed by atoms with Crippen molar-refractivity contribution in [3.8, 4) is 11.4 Å². The molecule has 106 valence electrons. The molecule has 1 aromatic carbocycles. The Balaban J connectivity index is 2.64. The summed E-state index contributed by atoms with van der Waals surface area (Å²) < 4.78 is 1.10. The molecule has 2 aromatic rings. The molecule has 0 unspecified atom stereocenters. The van der Waals surface area contributed by atoms with Crippen LogP contribution in [0.25, 0.3) is 11.4 Å². The van der Waals surface area contributed by atoms with Crippen LogP contribution < -0.4 is 5.32 Å². The number of nitrogens with one attached hydrogen (secondary N) is 1. The van der Waals surface area contributed by atoms with Crippen LogP contribution in [-0.2, 0) is 0 Å². The van der Waals surface area contributed by atoms with E-state index in [4.69, 9.17) is 4.98 Å². The summed E-state index contributed by atoms with van der Waals surface area (Å²) in [6, 6.07) is 6.44. The molecular formula is C16H20IN3. The van der Waals surface area contributed by atoms with Crippen LogP contribution in [0.2, 0.25) is 0 Å². The standard InChI is InChI=1S/C16H20IN3/c1-9(2)14-13(17)16(18-5)20-15(19-14)12-7-10(3)6-11(4)8-12/h6-9H,1-5H3,(H,18,19,20). The Kier molecular flexibility index (Phi) is 4.62. The molecule has 0 aliphatic carbocycles. The third-order valence-electron chi connectivity index (χ3n) is 3.14. The number of aromatic nitrogens is 2. The lowest BCUT2D eigenvalue weighted by molar-refractivity contribution is 0.809. The van der Waals surface area contributed by atoms with Crippen molar-refractivity contribution in [3.63, 3.8) is 0 Å². The predicted octanol–water partition coefficient (Wildman–Crippen LogP) is 4.53. The summed E-state index contributed by atoms with van der Waals surface area (Å²) in [7, 11) is 1.90. The first-order valence-electron chi connectivity index (χ1n) is 6.76. The second-order valence-corrected chi connectivity index (χ2v) is 6.45. The van der Waals surface area contributed by atoms with Crippen LogP contribution in [0.1, 0.15) is 36.6 Å². The predicted molar refractivity (Wildman–Crippen MR) is 93.3 cm³/mol. The van der Waals surface area contributed by atoms with Crippen molar-refractivity contribution in [2.24, 2.45) is 0 Å². The third-order valence-corrected chi connectivity index (χ3v) is 4.20. The fraction of sp³-hybridized carbons (Fsp3) is 0.375. The average Bonchev–Trinajstić information content (AvgIpc) is 2.37. The van der Waals surface area contributed by atoms with Gasteiger partial charge in [-0.2, -0.15) is 0 Å². The molecule has 0 bridgehead atoms. The normalized spacial score (nSPS) is 10.9. The van der Waals surface area contributed by atoms with E-state index in [1.54, 1.807) is 0 Å². The Bertz CT molecular complexity index is 616. The average molecular weight is 381 g/mol. The minimum Gasteiger partial charge on any atom is -0.372 e. The molecule has 0 saturated carbocycles. The van der Waals surface area contributed by atoms with Gasteiger partial charge >= 0.3 is 0 Å². The Labute approximate surface area is 134 Å². The van der Waals surface area contributed by atoms with Gasteiger partial charge in [0.25, 0.3) is 0 Å². The number of rotatable bonds is 3. The maximum atomic E-state index is 4.77. The van der Waals surface area contributed by atoms with Gasteiger partial charge in [-0.3, -0.25) is 0 Å². The molecule has 0 amide bonds. The summed E-state index contributed by atoms with van der Waals surface area (Å²) in [5.74, 6) is 2.07. The number of anilines is 1. The second kappa shape index (κ2) is 6.08. The molecular weight excluding hydrogens is 361 g/mol. The smallest absolute Gasteiger partial charge is 0.161 e. The summed E-state index contributed by atoms with van der Waals surface area (Å²) in [4.78, 5) is 9.43. The largest absolute Gasteiger partial charge is 0.372 e. The lowest BCUT2D eigenvalue weighted by Gasteiger charge is -2.14. The van der Waals surface area contributed by atoms with Crippen molar-refractivity contribution in [3.05, 3.63) is 38.6 Å². The molecule has 1 heterocycles. The van der Waals surface area contributed by atoms with Gasteiger partial charge in [-0.1, -0.05) is 31.0 Å². The van der Waals surface area contributed by atoms with Gasteiger partial charge in [0.1, 0.15) is 5.82 Å². The first-order valence-corrected chi connectivity index (χ1v) is 7.84. The van der Waals surface area contributed by atoms with Crippen LogP contribution >= 0.6 is 22.6 Å².